The summed E-state index contributed by atoms with van der Waals surface area (Å²) < 4.78 is 0. The topological polar surface area (TPSA) is 20.2 Å². The van der Waals surface area contributed by atoms with Crippen LogP contribution in [-0.4, -0.2) is 5.11 Å². The molecule has 1 heteroatoms. The zero-order valence-electron chi connectivity index (χ0n) is 16.7. The summed E-state index contributed by atoms with van der Waals surface area (Å²) in [4.78, 5) is 0. The molecule has 0 aromatic heterocycles. The molecule has 0 aliphatic carbocycles. The normalized spacial score (nSPS) is 12.2. The van der Waals surface area contributed by atoms with Crippen LogP contribution >= 0.6 is 0 Å². The van der Waals surface area contributed by atoms with E-state index in [1.807, 2.05) is 12.1 Å². The van der Waals surface area contributed by atoms with Crippen molar-refractivity contribution in [1.29, 1.82) is 0 Å². The summed E-state index contributed by atoms with van der Waals surface area (Å²) in [7, 11) is 0. The monoisotopic (exact) mass is 352 g/mol. The predicted octanol–water partition coefficient (Wildman–Crippen LogP) is 7.42. The third-order valence-corrected chi connectivity index (χ3v) is 5.43. The number of hydrogen-bond donors (Lipinski definition) is 1. The molecule has 26 heavy (non-hydrogen) atoms. The molecule has 2 aromatic carbocycles. The fourth-order valence-corrected chi connectivity index (χ4v) is 3.66. The van der Waals surface area contributed by atoms with Crippen molar-refractivity contribution in [2.24, 2.45) is 0 Å². The van der Waals surface area contributed by atoms with Gasteiger partial charge in [-0.2, -0.15) is 0 Å². The Labute approximate surface area is 160 Å². The van der Waals surface area contributed by atoms with Crippen LogP contribution < -0.4 is 0 Å². The smallest absolute Gasteiger partial charge is 0.115 e. The maximum absolute atomic E-state index is 9.44. The first kappa shape index (κ1) is 20.6. The molecular weight excluding hydrogens is 316 g/mol. The molecule has 1 nitrogen and oxygen atoms in total. The first-order valence-electron chi connectivity index (χ1n) is 10.6. The van der Waals surface area contributed by atoms with E-state index in [0.29, 0.717) is 11.7 Å². The van der Waals surface area contributed by atoms with Gasteiger partial charge in [0.05, 0.1) is 0 Å². The summed E-state index contributed by atoms with van der Waals surface area (Å²) >= 11 is 0. The van der Waals surface area contributed by atoms with Gasteiger partial charge in [0, 0.05) is 0 Å². The van der Waals surface area contributed by atoms with Gasteiger partial charge in [0.25, 0.3) is 0 Å². The van der Waals surface area contributed by atoms with E-state index in [1.165, 1.54) is 68.1 Å². The molecule has 2 rings (SSSR count). The average molecular weight is 353 g/mol. The van der Waals surface area contributed by atoms with E-state index in [4.69, 9.17) is 0 Å². The third-order valence-electron chi connectivity index (χ3n) is 5.43. The Morgan fingerprint density at radius 2 is 1.27 bits per heavy atom. The maximum atomic E-state index is 9.44. The average Bonchev–Trinajstić information content (AvgIpc) is 2.67. The van der Waals surface area contributed by atoms with E-state index < -0.39 is 0 Å². The molecule has 0 heterocycles. The molecular formula is C25H36O. The van der Waals surface area contributed by atoms with Crippen molar-refractivity contribution in [3.63, 3.8) is 0 Å². The van der Waals surface area contributed by atoms with E-state index in [-0.39, 0.29) is 0 Å². The Bertz CT molecular complexity index is 597. The molecule has 0 aliphatic rings. The van der Waals surface area contributed by atoms with Gasteiger partial charge < -0.3 is 5.11 Å². The van der Waals surface area contributed by atoms with Crippen molar-refractivity contribution in [3.8, 4) is 5.75 Å². The lowest BCUT2D eigenvalue weighted by Gasteiger charge is -2.16. The Balaban J connectivity index is 1.78. The van der Waals surface area contributed by atoms with Crippen molar-refractivity contribution < 1.29 is 5.11 Å². The molecule has 0 fully saturated rings. The fourth-order valence-electron chi connectivity index (χ4n) is 3.66. The number of phenols is 1. The first-order valence-corrected chi connectivity index (χ1v) is 10.6. The van der Waals surface area contributed by atoms with Crippen LogP contribution in [0.15, 0.2) is 48.5 Å². The lowest BCUT2D eigenvalue weighted by atomic mass is 9.89. The Morgan fingerprint density at radius 3 is 1.88 bits per heavy atom. The molecule has 0 amide bonds. The molecule has 0 spiro atoms. The van der Waals surface area contributed by atoms with Gasteiger partial charge in [-0.25, -0.2) is 0 Å². The van der Waals surface area contributed by atoms with E-state index in [9.17, 15) is 5.11 Å². The van der Waals surface area contributed by atoms with Crippen LogP contribution in [-0.2, 0) is 12.8 Å². The minimum atomic E-state index is 0.344. The second kappa shape index (κ2) is 11.8. The van der Waals surface area contributed by atoms with Crippen LogP contribution in [0.4, 0.5) is 0 Å². The molecule has 0 saturated carbocycles. The lowest BCUT2D eigenvalue weighted by Crippen LogP contribution is -2.02. The van der Waals surface area contributed by atoms with E-state index in [1.54, 1.807) is 12.1 Å². The Morgan fingerprint density at radius 1 is 0.692 bits per heavy atom. The summed E-state index contributed by atoms with van der Waals surface area (Å²) in [6.45, 7) is 4.54. The minimum absolute atomic E-state index is 0.344. The van der Waals surface area contributed by atoms with Crippen LogP contribution in [0.25, 0.3) is 0 Å². The van der Waals surface area contributed by atoms with Crippen LogP contribution in [0.3, 0.4) is 0 Å². The largest absolute Gasteiger partial charge is 0.508 e. The van der Waals surface area contributed by atoms with E-state index in [0.717, 1.165) is 12.8 Å². The highest BCUT2D eigenvalue weighted by Gasteiger charge is 2.10. The van der Waals surface area contributed by atoms with Gasteiger partial charge in [0.15, 0.2) is 0 Å². The van der Waals surface area contributed by atoms with Crippen LogP contribution in [0.1, 0.15) is 87.8 Å². The summed E-state index contributed by atoms with van der Waals surface area (Å²) in [5, 5.41) is 9.44. The number of aromatic hydroxyl groups is 1. The second-order valence-corrected chi connectivity index (χ2v) is 7.59. The minimum Gasteiger partial charge on any atom is -0.508 e. The number of unbranched alkanes of at least 4 members (excludes halogenated alkanes) is 6. The summed E-state index contributed by atoms with van der Waals surface area (Å²) in [6, 6.07) is 16.9. The number of phenolic OH excluding ortho intramolecular Hbond substituents is 1. The van der Waals surface area contributed by atoms with Crippen molar-refractivity contribution in [2.75, 3.05) is 0 Å². The molecule has 2 aromatic rings. The summed E-state index contributed by atoms with van der Waals surface area (Å²) in [5.41, 5.74) is 4.20. The van der Waals surface area contributed by atoms with Gasteiger partial charge >= 0.3 is 0 Å². The number of hydrogen-bond acceptors (Lipinski definition) is 1. The van der Waals surface area contributed by atoms with Crippen molar-refractivity contribution >= 4 is 0 Å². The quantitative estimate of drug-likeness (QED) is 0.394. The van der Waals surface area contributed by atoms with Gasteiger partial charge in [-0.3, -0.25) is 0 Å². The molecule has 0 bridgehead atoms. The van der Waals surface area contributed by atoms with Gasteiger partial charge in [-0.1, -0.05) is 88.8 Å². The SMILES string of the molecule is CCCCCCCCCc1ccc(C(CC)Cc2ccc(O)cc2)cc1. The molecule has 142 valence electrons. The second-order valence-electron chi connectivity index (χ2n) is 7.59. The van der Waals surface area contributed by atoms with Crippen molar-refractivity contribution in [2.45, 2.75) is 84.0 Å². The van der Waals surface area contributed by atoms with Crippen molar-refractivity contribution in [1.82, 2.24) is 0 Å². The first-order chi connectivity index (χ1) is 12.7. The number of rotatable bonds is 12. The predicted molar refractivity (Wildman–Crippen MR) is 113 cm³/mol. The molecule has 0 aliphatic heterocycles. The molecule has 0 radical (unpaired) electrons. The van der Waals surface area contributed by atoms with Crippen LogP contribution in [0.2, 0.25) is 0 Å². The van der Waals surface area contributed by atoms with Gasteiger partial charge in [-0.05, 0) is 60.4 Å². The summed E-state index contributed by atoms with van der Waals surface area (Å²) in [5.74, 6) is 0.892. The van der Waals surface area contributed by atoms with Crippen molar-refractivity contribution in [3.05, 3.63) is 65.2 Å². The molecule has 1 atom stereocenters. The lowest BCUT2D eigenvalue weighted by molar-refractivity contribution is 0.475. The summed E-state index contributed by atoms with van der Waals surface area (Å²) in [6.07, 6.45) is 13.0. The molecule has 1 N–H and O–H groups in total. The van der Waals surface area contributed by atoms with Gasteiger partial charge in [-0.15, -0.1) is 0 Å². The zero-order chi connectivity index (χ0) is 18.6. The maximum Gasteiger partial charge on any atom is 0.115 e. The van der Waals surface area contributed by atoms with Gasteiger partial charge in [0.2, 0.25) is 0 Å². The molecule has 1 unspecified atom stereocenters. The number of benzene rings is 2. The zero-order valence-corrected chi connectivity index (χ0v) is 16.7. The van der Waals surface area contributed by atoms with Crippen LogP contribution in [0.5, 0.6) is 5.75 Å². The fraction of sp³-hybridized carbons (Fsp3) is 0.520. The van der Waals surface area contributed by atoms with E-state index >= 15 is 0 Å². The highest BCUT2D eigenvalue weighted by Crippen LogP contribution is 2.25. The third kappa shape index (κ3) is 7.23. The van der Waals surface area contributed by atoms with Crippen LogP contribution in [0, 0.1) is 0 Å². The number of aryl methyl sites for hydroxylation is 1. The Kier molecular flexibility index (Phi) is 9.31. The van der Waals surface area contributed by atoms with E-state index in [2.05, 4.69) is 38.1 Å². The van der Waals surface area contributed by atoms with Gasteiger partial charge in [0.1, 0.15) is 5.75 Å². The molecule has 0 saturated heterocycles. The Hall–Kier alpha value is -1.76. The highest BCUT2D eigenvalue weighted by atomic mass is 16.3. The standard InChI is InChI=1S/C25H36O/c1-3-5-6-7-8-9-10-11-21-12-16-24(17-13-21)23(4-2)20-22-14-18-25(26)19-15-22/h12-19,23,26H,3-11,20H2,1-2H3. The highest BCUT2D eigenvalue weighted by molar-refractivity contribution is 5.30.